The summed E-state index contributed by atoms with van der Waals surface area (Å²) in [6.45, 7) is 6.97. The second-order valence-electron chi connectivity index (χ2n) is 4.09. The third-order valence-electron chi connectivity index (χ3n) is 2.43. The van der Waals surface area contributed by atoms with Gasteiger partial charge in [0.15, 0.2) is 0 Å². The van der Waals surface area contributed by atoms with Crippen LogP contribution in [0, 0.1) is 5.82 Å². The number of benzene rings is 1. The fourth-order valence-electron chi connectivity index (χ4n) is 1.89. The largest absolute Gasteiger partial charge is 0.508 e. The molecule has 3 heteroatoms. The number of phenols is 1. The molecule has 0 saturated carbocycles. The number of phenolic OH excluding ortho intramolecular Hbond substituents is 1. The molecule has 1 aromatic rings. The van der Waals surface area contributed by atoms with Crippen molar-refractivity contribution in [1.82, 2.24) is 4.90 Å². The Balaban J connectivity index is 2.68. The maximum Gasteiger partial charge on any atom is 0.127 e. The van der Waals surface area contributed by atoms with Crippen LogP contribution in [0.5, 0.6) is 5.75 Å². The molecule has 0 atom stereocenters. The summed E-state index contributed by atoms with van der Waals surface area (Å²) in [6, 6.07) is 4.24. The smallest absolute Gasteiger partial charge is 0.127 e. The molecule has 0 aliphatic rings. The highest BCUT2D eigenvalue weighted by Crippen LogP contribution is 2.16. The Hall–Kier alpha value is -1.09. The van der Waals surface area contributed by atoms with Crippen LogP contribution in [0.3, 0.4) is 0 Å². The first-order chi connectivity index (χ1) is 7.65. The van der Waals surface area contributed by atoms with Gasteiger partial charge in [0, 0.05) is 12.6 Å². The lowest BCUT2D eigenvalue weighted by molar-refractivity contribution is 0.266. The zero-order valence-electron chi connectivity index (χ0n) is 10.0. The molecule has 0 radical (unpaired) electrons. The van der Waals surface area contributed by atoms with Crippen molar-refractivity contribution >= 4 is 0 Å². The zero-order chi connectivity index (χ0) is 12.0. The third kappa shape index (κ3) is 4.19. The molecule has 0 amide bonds. The van der Waals surface area contributed by atoms with Crippen LogP contribution in [0.2, 0.25) is 0 Å². The molecule has 1 aromatic carbocycles. The zero-order valence-corrected chi connectivity index (χ0v) is 10.0. The number of nitrogens with zero attached hydrogens (tertiary/aromatic N) is 1. The van der Waals surface area contributed by atoms with Gasteiger partial charge < -0.3 is 5.11 Å². The molecule has 90 valence electrons. The summed E-state index contributed by atoms with van der Waals surface area (Å²) in [7, 11) is 0. The van der Waals surface area contributed by atoms with Gasteiger partial charge in [-0.2, -0.15) is 0 Å². The van der Waals surface area contributed by atoms with Gasteiger partial charge in [0.1, 0.15) is 11.6 Å². The van der Waals surface area contributed by atoms with Gasteiger partial charge in [0.2, 0.25) is 0 Å². The summed E-state index contributed by atoms with van der Waals surface area (Å²) in [5.74, 6) is -0.370. The molecular weight excluding hydrogens is 205 g/mol. The second-order valence-corrected chi connectivity index (χ2v) is 4.09. The molecule has 2 nitrogen and oxygen atoms in total. The Kier molecular flexibility index (Phi) is 5.26. The minimum atomic E-state index is -0.372. The minimum absolute atomic E-state index is 0.00273. The van der Waals surface area contributed by atoms with E-state index in [2.05, 4.69) is 18.7 Å². The highest BCUT2D eigenvalue weighted by molar-refractivity contribution is 5.28. The van der Waals surface area contributed by atoms with Gasteiger partial charge in [-0.05, 0) is 43.6 Å². The standard InChI is InChI=1S/C13H20FNO/c1-3-5-15(6-4-2)10-11-7-12(14)9-13(16)8-11/h7-9,16H,3-6,10H2,1-2H3. The summed E-state index contributed by atoms with van der Waals surface area (Å²) >= 11 is 0. The van der Waals surface area contributed by atoms with Crippen LogP contribution in [0.25, 0.3) is 0 Å². The van der Waals surface area contributed by atoms with Crippen LogP contribution in [-0.2, 0) is 6.54 Å². The topological polar surface area (TPSA) is 23.5 Å². The second kappa shape index (κ2) is 6.48. The van der Waals surface area contributed by atoms with E-state index < -0.39 is 0 Å². The lowest BCUT2D eigenvalue weighted by Crippen LogP contribution is -2.24. The van der Waals surface area contributed by atoms with Crippen LogP contribution in [0.15, 0.2) is 18.2 Å². The third-order valence-corrected chi connectivity index (χ3v) is 2.43. The lowest BCUT2D eigenvalue weighted by atomic mass is 10.2. The molecule has 16 heavy (non-hydrogen) atoms. The van der Waals surface area contributed by atoms with E-state index in [1.165, 1.54) is 6.07 Å². The van der Waals surface area contributed by atoms with Crippen molar-refractivity contribution in [2.24, 2.45) is 0 Å². The van der Waals surface area contributed by atoms with E-state index in [0.717, 1.165) is 37.6 Å². The highest BCUT2D eigenvalue weighted by Gasteiger charge is 2.06. The van der Waals surface area contributed by atoms with E-state index in [0.29, 0.717) is 6.54 Å². The van der Waals surface area contributed by atoms with Crippen molar-refractivity contribution in [3.05, 3.63) is 29.6 Å². The molecule has 0 unspecified atom stereocenters. The Morgan fingerprint density at radius 2 is 1.75 bits per heavy atom. The number of hydrogen-bond donors (Lipinski definition) is 1. The number of aromatic hydroxyl groups is 1. The summed E-state index contributed by atoms with van der Waals surface area (Å²) in [4.78, 5) is 2.27. The van der Waals surface area contributed by atoms with Crippen molar-refractivity contribution in [1.29, 1.82) is 0 Å². The van der Waals surface area contributed by atoms with Gasteiger partial charge >= 0.3 is 0 Å². The van der Waals surface area contributed by atoms with E-state index in [1.807, 2.05) is 0 Å². The van der Waals surface area contributed by atoms with Gasteiger partial charge in [-0.15, -0.1) is 0 Å². The molecule has 0 aromatic heterocycles. The van der Waals surface area contributed by atoms with Crippen molar-refractivity contribution in [2.75, 3.05) is 13.1 Å². The van der Waals surface area contributed by atoms with Crippen LogP contribution in [0.1, 0.15) is 32.3 Å². The maximum absolute atomic E-state index is 13.1. The lowest BCUT2D eigenvalue weighted by Gasteiger charge is -2.21. The highest BCUT2D eigenvalue weighted by atomic mass is 19.1. The van der Waals surface area contributed by atoms with Gasteiger partial charge in [-0.3, -0.25) is 4.90 Å². The minimum Gasteiger partial charge on any atom is -0.508 e. The van der Waals surface area contributed by atoms with Crippen LogP contribution in [-0.4, -0.2) is 23.1 Å². The molecule has 1 N–H and O–H groups in total. The predicted octanol–water partition coefficient (Wildman–Crippen LogP) is 3.15. The van der Waals surface area contributed by atoms with Crippen molar-refractivity contribution in [2.45, 2.75) is 33.2 Å². The SMILES string of the molecule is CCCN(CCC)Cc1cc(O)cc(F)c1. The molecule has 0 aliphatic heterocycles. The Labute approximate surface area is 96.7 Å². The first-order valence-corrected chi connectivity index (χ1v) is 5.86. The molecule has 0 fully saturated rings. The molecule has 0 saturated heterocycles. The summed E-state index contributed by atoms with van der Waals surface area (Å²) in [5.41, 5.74) is 0.833. The van der Waals surface area contributed by atoms with Gasteiger partial charge in [-0.25, -0.2) is 4.39 Å². The fraction of sp³-hybridized carbons (Fsp3) is 0.538. The van der Waals surface area contributed by atoms with E-state index in [9.17, 15) is 9.50 Å². The van der Waals surface area contributed by atoms with Crippen LogP contribution >= 0.6 is 0 Å². The molecule has 0 aliphatic carbocycles. The maximum atomic E-state index is 13.1. The molecule has 1 rings (SSSR count). The van der Waals surface area contributed by atoms with Crippen molar-refractivity contribution in [3.63, 3.8) is 0 Å². The van der Waals surface area contributed by atoms with Gasteiger partial charge in [0.05, 0.1) is 0 Å². The monoisotopic (exact) mass is 225 g/mol. The van der Waals surface area contributed by atoms with Crippen LogP contribution in [0.4, 0.5) is 4.39 Å². The summed E-state index contributed by atoms with van der Waals surface area (Å²) in [6.07, 6.45) is 2.17. The Morgan fingerprint density at radius 1 is 1.12 bits per heavy atom. The average molecular weight is 225 g/mol. The summed E-state index contributed by atoms with van der Waals surface area (Å²) < 4.78 is 13.1. The normalized spacial score (nSPS) is 11.0. The quantitative estimate of drug-likeness (QED) is 0.804. The van der Waals surface area contributed by atoms with Crippen molar-refractivity contribution < 1.29 is 9.50 Å². The van der Waals surface area contributed by atoms with Gasteiger partial charge in [0.25, 0.3) is 0 Å². The summed E-state index contributed by atoms with van der Waals surface area (Å²) in [5, 5.41) is 9.31. The predicted molar refractivity (Wildman–Crippen MR) is 63.9 cm³/mol. The molecule has 0 bridgehead atoms. The van der Waals surface area contributed by atoms with Gasteiger partial charge in [-0.1, -0.05) is 13.8 Å². The Morgan fingerprint density at radius 3 is 2.25 bits per heavy atom. The van der Waals surface area contributed by atoms with Crippen LogP contribution < -0.4 is 0 Å². The molecular formula is C13H20FNO. The Bertz CT molecular complexity index is 301. The van der Waals surface area contributed by atoms with E-state index >= 15 is 0 Å². The average Bonchev–Trinajstić information content (AvgIpc) is 2.16. The number of rotatable bonds is 6. The number of hydrogen-bond acceptors (Lipinski definition) is 2. The fourth-order valence-corrected chi connectivity index (χ4v) is 1.89. The first kappa shape index (κ1) is 13.0. The molecule has 0 heterocycles. The van der Waals surface area contributed by atoms with Crippen molar-refractivity contribution in [3.8, 4) is 5.75 Å². The van der Waals surface area contributed by atoms with E-state index in [4.69, 9.17) is 0 Å². The van der Waals surface area contributed by atoms with E-state index in [1.54, 1.807) is 6.07 Å². The van der Waals surface area contributed by atoms with E-state index in [-0.39, 0.29) is 11.6 Å². The number of halogens is 1. The first-order valence-electron chi connectivity index (χ1n) is 5.86. The molecule has 0 spiro atoms.